The van der Waals surface area contributed by atoms with Crippen molar-refractivity contribution in [3.8, 4) is 11.1 Å². The maximum absolute atomic E-state index is 13.1. The summed E-state index contributed by atoms with van der Waals surface area (Å²) in [6.07, 6.45) is 3.61. The lowest BCUT2D eigenvalue weighted by atomic mass is 9.82. The van der Waals surface area contributed by atoms with Crippen LogP contribution in [0.5, 0.6) is 0 Å². The smallest absolute Gasteiger partial charge is 0.266 e. The van der Waals surface area contributed by atoms with Crippen molar-refractivity contribution >= 4 is 12.0 Å². The van der Waals surface area contributed by atoms with Crippen molar-refractivity contribution in [2.45, 2.75) is 25.0 Å². The monoisotopic (exact) mass is 372 g/mol. The summed E-state index contributed by atoms with van der Waals surface area (Å²) in [5.74, 6) is -0.911. The van der Waals surface area contributed by atoms with Crippen LogP contribution in [0.25, 0.3) is 17.2 Å². The van der Waals surface area contributed by atoms with E-state index >= 15 is 0 Å². The van der Waals surface area contributed by atoms with Crippen molar-refractivity contribution in [2.24, 2.45) is 0 Å². The van der Waals surface area contributed by atoms with Crippen LogP contribution in [0.1, 0.15) is 19.4 Å². The summed E-state index contributed by atoms with van der Waals surface area (Å²) in [5, 5.41) is 21.9. The maximum Gasteiger partial charge on any atom is 0.266 e. The lowest BCUT2D eigenvalue weighted by molar-refractivity contribution is -0.148. The first-order valence-corrected chi connectivity index (χ1v) is 8.64. The second kappa shape index (κ2) is 8.90. The fourth-order valence-electron chi connectivity index (χ4n) is 2.64. The number of benzene rings is 2. The van der Waals surface area contributed by atoms with Crippen LogP contribution in [0.3, 0.4) is 0 Å². The molecule has 0 heterocycles. The van der Waals surface area contributed by atoms with Gasteiger partial charge < -0.3 is 5.11 Å². The van der Waals surface area contributed by atoms with E-state index in [2.05, 4.69) is 5.32 Å². The Kier molecular flexibility index (Phi) is 6.85. The molecule has 0 fully saturated rings. The van der Waals surface area contributed by atoms with E-state index in [9.17, 15) is 14.3 Å². The number of carbonyl (C=O) groups is 1. The molecule has 0 aliphatic heterocycles. The predicted molar refractivity (Wildman–Crippen MR) is 104 cm³/mol. The molecule has 6 heteroatoms. The second-order valence-electron chi connectivity index (χ2n) is 6.74. The van der Waals surface area contributed by atoms with Crippen molar-refractivity contribution < 1.29 is 19.5 Å². The average molecular weight is 372 g/mol. The number of rotatable bonds is 8. The van der Waals surface area contributed by atoms with E-state index < -0.39 is 23.7 Å². The lowest BCUT2D eigenvalue weighted by Gasteiger charge is -2.39. The second-order valence-corrected chi connectivity index (χ2v) is 6.74. The molecule has 0 radical (unpaired) electrons. The molecule has 1 amide bonds. The third kappa shape index (κ3) is 4.80. The van der Waals surface area contributed by atoms with Crippen LogP contribution in [0.4, 0.5) is 4.39 Å². The Bertz CT molecular complexity index is 776. The highest BCUT2D eigenvalue weighted by molar-refractivity contribution is 5.86. The molecule has 0 bridgehead atoms. The molecule has 2 aromatic rings. The maximum atomic E-state index is 13.1. The third-order valence-electron chi connectivity index (χ3n) is 4.79. The normalized spacial score (nSPS) is 15.9. The first kappa shape index (κ1) is 20.8. The highest BCUT2D eigenvalue weighted by atomic mass is 19.1. The van der Waals surface area contributed by atoms with Gasteiger partial charge in [-0.3, -0.25) is 15.3 Å². The molecule has 2 aromatic carbocycles. The van der Waals surface area contributed by atoms with Crippen molar-refractivity contribution in [3.63, 3.8) is 0 Å². The summed E-state index contributed by atoms with van der Waals surface area (Å²) < 4.78 is 13.1. The van der Waals surface area contributed by atoms with Gasteiger partial charge in [0.1, 0.15) is 17.8 Å². The number of hydrogen-bond acceptors (Lipinski definition) is 4. The molecule has 0 spiro atoms. The Labute approximate surface area is 158 Å². The number of hydroxylamine groups is 1. The van der Waals surface area contributed by atoms with Gasteiger partial charge in [-0.25, -0.2) is 9.87 Å². The van der Waals surface area contributed by atoms with Crippen LogP contribution < -0.4 is 10.8 Å². The van der Waals surface area contributed by atoms with Crippen molar-refractivity contribution in [3.05, 3.63) is 66.2 Å². The van der Waals surface area contributed by atoms with Crippen molar-refractivity contribution in [2.75, 3.05) is 13.2 Å². The van der Waals surface area contributed by atoms with Gasteiger partial charge in [0.15, 0.2) is 0 Å². The fourth-order valence-corrected chi connectivity index (χ4v) is 2.64. The van der Waals surface area contributed by atoms with Gasteiger partial charge in [0, 0.05) is 6.54 Å². The number of alkyl halides is 1. The van der Waals surface area contributed by atoms with Crippen LogP contribution >= 0.6 is 0 Å². The molecular formula is C21H25FN2O3. The van der Waals surface area contributed by atoms with Gasteiger partial charge >= 0.3 is 0 Å². The average Bonchev–Trinajstić information content (AvgIpc) is 2.71. The first-order valence-electron chi connectivity index (χ1n) is 8.64. The zero-order valence-corrected chi connectivity index (χ0v) is 15.4. The van der Waals surface area contributed by atoms with Crippen LogP contribution in [-0.4, -0.2) is 40.6 Å². The van der Waals surface area contributed by atoms with Gasteiger partial charge in [0.05, 0.1) is 0 Å². The topological polar surface area (TPSA) is 81.6 Å². The SMILES string of the molecule is CC(NC/C=C/c1ccc(-c2ccccc2)cc1)(C(=O)NO)[C@](C)(O)CF. The van der Waals surface area contributed by atoms with E-state index in [-0.39, 0.29) is 6.54 Å². The molecule has 27 heavy (non-hydrogen) atoms. The van der Waals surface area contributed by atoms with E-state index in [0.29, 0.717) is 0 Å². The van der Waals surface area contributed by atoms with Crippen LogP contribution in [0, 0.1) is 0 Å². The minimum atomic E-state index is -1.98. The minimum absolute atomic E-state index is 0.195. The quantitative estimate of drug-likeness (QED) is 0.424. The number of halogens is 1. The van der Waals surface area contributed by atoms with Gasteiger partial charge in [-0.2, -0.15) is 0 Å². The molecule has 2 rings (SSSR count). The molecule has 144 valence electrons. The molecule has 0 saturated carbocycles. The van der Waals surface area contributed by atoms with Gasteiger partial charge in [-0.1, -0.05) is 66.7 Å². The number of aliphatic hydroxyl groups is 1. The highest BCUT2D eigenvalue weighted by Crippen LogP contribution is 2.23. The molecule has 1 unspecified atom stereocenters. The van der Waals surface area contributed by atoms with Gasteiger partial charge in [-0.15, -0.1) is 0 Å². The standard InChI is InChI=1S/C21H25FN2O3/c1-20(26,15-22)21(2,19(25)24-27)23-14-6-7-16-10-12-18(13-11-16)17-8-4-3-5-9-17/h3-13,23,26-27H,14-15H2,1-2H3,(H,24,25)/b7-6+/t20-,21?/m1/s1. The summed E-state index contributed by atoms with van der Waals surface area (Å²) in [6.45, 7) is 1.58. The van der Waals surface area contributed by atoms with Crippen molar-refractivity contribution in [1.29, 1.82) is 0 Å². The molecule has 0 aromatic heterocycles. The largest absolute Gasteiger partial charge is 0.385 e. The van der Waals surface area contributed by atoms with E-state index in [1.54, 1.807) is 6.08 Å². The summed E-state index contributed by atoms with van der Waals surface area (Å²) in [4.78, 5) is 11.9. The molecule has 0 aliphatic carbocycles. The third-order valence-corrected chi connectivity index (χ3v) is 4.79. The van der Waals surface area contributed by atoms with Gasteiger partial charge in [0.2, 0.25) is 0 Å². The van der Waals surface area contributed by atoms with E-state index in [1.165, 1.54) is 19.3 Å². The van der Waals surface area contributed by atoms with Crippen LogP contribution in [0.2, 0.25) is 0 Å². The molecule has 0 saturated heterocycles. The Morgan fingerprint density at radius 2 is 1.67 bits per heavy atom. The molecule has 0 aliphatic rings. The number of amides is 1. The molecular weight excluding hydrogens is 347 g/mol. The molecule has 5 nitrogen and oxygen atoms in total. The number of nitrogens with one attached hydrogen (secondary N) is 2. The zero-order valence-electron chi connectivity index (χ0n) is 15.4. The van der Waals surface area contributed by atoms with E-state index in [4.69, 9.17) is 5.21 Å². The van der Waals surface area contributed by atoms with Crippen LogP contribution in [0.15, 0.2) is 60.7 Å². The minimum Gasteiger partial charge on any atom is -0.385 e. The highest BCUT2D eigenvalue weighted by Gasteiger charge is 2.49. The van der Waals surface area contributed by atoms with E-state index in [0.717, 1.165) is 16.7 Å². The summed E-state index contributed by atoms with van der Waals surface area (Å²) in [5.41, 5.74) is 0.998. The fraction of sp³-hybridized carbons (Fsp3) is 0.286. The Balaban J connectivity index is 2.03. The number of carbonyl (C=O) groups excluding carboxylic acids is 1. The first-order chi connectivity index (χ1) is 12.8. The summed E-state index contributed by atoms with van der Waals surface area (Å²) >= 11 is 0. The molecule has 2 atom stereocenters. The zero-order chi connectivity index (χ0) is 19.9. The van der Waals surface area contributed by atoms with Crippen LogP contribution in [-0.2, 0) is 4.79 Å². The van der Waals surface area contributed by atoms with Crippen molar-refractivity contribution in [1.82, 2.24) is 10.8 Å². The van der Waals surface area contributed by atoms with E-state index in [1.807, 2.05) is 60.7 Å². The number of hydrogen-bond donors (Lipinski definition) is 4. The van der Waals surface area contributed by atoms with Gasteiger partial charge in [0.25, 0.3) is 5.91 Å². The lowest BCUT2D eigenvalue weighted by Crippen LogP contribution is -2.68. The Morgan fingerprint density at radius 1 is 1.07 bits per heavy atom. The predicted octanol–water partition coefficient (Wildman–Crippen LogP) is 2.94. The molecule has 4 N–H and O–H groups in total. The Hall–Kier alpha value is -2.54. The summed E-state index contributed by atoms with van der Waals surface area (Å²) in [7, 11) is 0. The Morgan fingerprint density at radius 3 is 2.22 bits per heavy atom. The van der Waals surface area contributed by atoms with Gasteiger partial charge in [-0.05, 0) is 30.5 Å². The summed E-state index contributed by atoms with van der Waals surface area (Å²) in [6, 6.07) is 18.0.